The lowest BCUT2D eigenvalue weighted by Crippen LogP contribution is -1.96. The van der Waals surface area contributed by atoms with Gasteiger partial charge >= 0.3 is 0 Å². The van der Waals surface area contributed by atoms with Crippen LogP contribution in [-0.4, -0.2) is 29.9 Å². The Kier molecular flexibility index (Phi) is 12.0. The molecule has 0 aliphatic carbocycles. The van der Waals surface area contributed by atoms with Gasteiger partial charge in [-0.2, -0.15) is 0 Å². The van der Waals surface area contributed by atoms with E-state index in [1.807, 2.05) is 97.3 Å². The number of rotatable bonds is 12. The van der Waals surface area contributed by atoms with Crippen molar-refractivity contribution in [2.24, 2.45) is 0 Å². The second-order valence-electron chi connectivity index (χ2n) is 12.9. The minimum Gasteiger partial charge on any atom is -0.439 e. The van der Waals surface area contributed by atoms with E-state index in [2.05, 4.69) is 61.1 Å². The van der Waals surface area contributed by atoms with Gasteiger partial charge in [0.2, 0.25) is 11.8 Å². The maximum Gasteiger partial charge on any atom is 0.219 e. The summed E-state index contributed by atoms with van der Waals surface area (Å²) in [5.41, 5.74) is 7.78. The van der Waals surface area contributed by atoms with E-state index in [-0.39, 0.29) is 0 Å². The van der Waals surface area contributed by atoms with Crippen molar-refractivity contribution in [3.8, 4) is 23.3 Å². The van der Waals surface area contributed by atoms with E-state index in [0.29, 0.717) is 16.8 Å². The molecule has 9 heteroatoms. The minimum atomic E-state index is 0.572. The molecule has 0 N–H and O–H groups in total. The van der Waals surface area contributed by atoms with Gasteiger partial charge < -0.3 is 9.47 Å². The van der Waals surface area contributed by atoms with E-state index in [0.717, 1.165) is 83.2 Å². The number of aromatic nitrogens is 6. The Bertz CT molecular complexity index is 2220. The Morgan fingerprint density at radius 3 is 1.39 bits per heavy atom. The number of pyridine rings is 2. The second kappa shape index (κ2) is 18.0. The van der Waals surface area contributed by atoms with Gasteiger partial charge in [-0.3, -0.25) is 0 Å². The highest BCUT2D eigenvalue weighted by molar-refractivity contribution is 6.30. The molecular formula is C45H39ClN6O2. The van der Waals surface area contributed by atoms with Gasteiger partial charge in [0.15, 0.2) is 0 Å². The molecule has 0 spiro atoms. The summed E-state index contributed by atoms with van der Waals surface area (Å²) >= 11 is 5.88. The van der Waals surface area contributed by atoms with Crippen LogP contribution in [0.4, 0.5) is 0 Å². The van der Waals surface area contributed by atoms with Crippen molar-refractivity contribution < 1.29 is 9.47 Å². The predicted octanol–water partition coefficient (Wildman–Crippen LogP) is 10.9. The van der Waals surface area contributed by atoms with E-state index < -0.39 is 0 Å². The molecule has 0 saturated heterocycles. The maximum atomic E-state index is 5.88. The predicted molar refractivity (Wildman–Crippen MR) is 214 cm³/mol. The summed E-state index contributed by atoms with van der Waals surface area (Å²) in [7, 11) is 0. The number of aryl methyl sites for hydroxylation is 5. The fourth-order valence-electron chi connectivity index (χ4n) is 6.03. The number of halogens is 1. The zero-order valence-electron chi connectivity index (χ0n) is 30.0. The van der Waals surface area contributed by atoms with Crippen LogP contribution in [-0.2, 0) is 25.7 Å². The number of benzene rings is 4. The SMILES string of the molecule is Cc1ccc(Oc2ccc(CCCc3ncnc4ccccc34)cn2)cc1.Clc1ccc(Oc2ccc(CCCc3ncnc4ccccc34)cn2)cc1. The Balaban J connectivity index is 0.000000167. The van der Waals surface area contributed by atoms with Crippen LogP contribution in [0, 0.1) is 6.92 Å². The van der Waals surface area contributed by atoms with Crippen molar-refractivity contribution in [1.29, 1.82) is 0 Å². The molecule has 0 radical (unpaired) electrons. The van der Waals surface area contributed by atoms with Crippen LogP contribution in [0.5, 0.6) is 23.3 Å². The molecule has 268 valence electrons. The minimum absolute atomic E-state index is 0.572. The molecule has 8 nitrogen and oxygen atoms in total. The first-order valence-corrected chi connectivity index (χ1v) is 18.4. The summed E-state index contributed by atoms with van der Waals surface area (Å²) in [6, 6.07) is 39.4. The van der Waals surface area contributed by atoms with Gasteiger partial charge in [-0.1, -0.05) is 77.8 Å². The second-order valence-corrected chi connectivity index (χ2v) is 13.3. The number of fused-ring (bicyclic) bond motifs is 2. The highest BCUT2D eigenvalue weighted by atomic mass is 35.5. The third kappa shape index (κ3) is 9.99. The molecule has 54 heavy (non-hydrogen) atoms. The van der Waals surface area contributed by atoms with Crippen LogP contribution in [0.25, 0.3) is 21.8 Å². The normalized spacial score (nSPS) is 10.9. The van der Waals surface area contributed by atoms with Crippen LogP contribution in [0.1, 0.15) is 40.9 Å². The van der Waals surface area contributed by atoms with Crippen LogP contribution >= 0.6 is 11.6 Å². The number of ether oxygens (including phenoxy) is 2. The molecule has 0 saturated carbocycles. The quantitative estimate of drug-likeness (QED) is 0.123. The molecule has 4 heterocycles. The molecule has 8 rings (SSSR count). The van der Waals surface area contributed by atoms with Crippen molar-refractivity contribution in [2.45, 2.75) is 45.4 Å². The van der Waals surface area contributed by atoms with Crippen LogP contribution in [0.15, 0.2) is 146 Å². The highest BCUT2D eigenvalue weighted by Crippen LogP contribution is 2.23. The van der Waals surface area contributed by atoms with Crippen molar-refractivity contribution in [1.82, 2.24) is 29.9 Å². The smallest absolute Gasteiger partial charge is 0.219 e. The standard InChI is InChI=1S/C23H21N3O.C22H18ClN3O/c1-17-9-12-19(13-10-17)27-23-14-11-18(15-24-23)5-4-8-22-20-6-2-3-7-21(20)25-16-26-22;23-17-9-11-18(12-10-17)27-22-13-8-16(14-24-22)4-3-7-21-19-5-1-2-6-20(19)25-15-26-21/h2-3,6-7,9-16H,4-5,8H2,1H3;1-2,5-6,8-15H,3-4,7H2. The fraction of sp³-hybridized carbons (Fsp3) is 0.156. The van der Waals surface area contributed by atoms with Crippen molar-refractivity contribution in [3.63, 3.8) is 0 Å². The van der Waals surface area contributed by atoms with E-state index in [1.54, 1.807) is 24.8 Å². The Morgan fingerprint density at radius 1 is 0.463 bits per heavy atom. The number of hydrogen-bond acceptors (Lipinski definition) is 8. The van der Waals surface area contributed by atoms with Gasteiger partial charge in [0.1, 0.15) is 24.2 Å². The Hall–Kier alpha value is -6.25. The van der Waals surface area contributed by atoms with E-state index in [1.165, 1.54) is 16.7 Å². The molecule has 0 fully saturated rings. The number of nitrogens with zero attached hydrogens (tertiary/aromatic N) is 6. The topological polar surface area (TPSA) is 95.8 Å². The molecule has 4 aromatic carbocycles. The van der Waals surface area contributed by atoms with E-state index in [9.17, 15) is 0 Å². The Morgan fingerprint density at radius 2 is 0.926 bits per heavy atom. The zero-order valence-corrected chi connectivity index (χ0v) is 30.7. The third-order valence-electron chi connectivity index (χ3n) is 8.88. The van der Waals surface area contributed by atoms with Gasteiger partial charge in [-0.25, -0.2) is 29.9 Å². The molecule has 0 unspecified atom stereocenters. The molecule has 0 aliphatic rings. The molecule has 0 aliphatic heterocycles. The van der Waals surface area contributed by atoms with Gasteiger partial charge in [0.05, 0.1) is 22.4 Å². The van der Waals surface area contributed by atoms with Gasteiger partial charge in [0.25, 0.3) is 0 Å². The van der Waals surface area contributed by atoms with Crippen molar-refractivity contribution in [3.05, 3.63) is 179 Å². The first kappa shape index (κ1) is 36.1. The fourth-order valence-corrected chi connectivity index (χ4v) is 6.15. The average molecular weight is 731 g/mol. The summed E-state index contributed by atoms with van der Waals surface area (Å²) in [5, 5.41) is 2.95. The average Bonchev–Trinajstić information content (AvgIpc) is 3.21. The number of para-hydroxylation sites is 2. The van der Waals surface area contributed by atoms with Gasteiger partial charge in [-0.15, -0.1) is 0 Å². The zero-order chi connectivity index (χ0) is 37.0. The largest absolute Gasteiger partial charge is 0.439 e. The van der Waals surface area contributed by atoms with E-state index in [4.69, 9.17) is 21.1 Å². The lowest BCUT2D eigenvalue weighted by molar-refractivity contribution is 0.462. The molecule has 0 atom stereocenters. The van der Waals surface area contributed by atoms with Crippen molar-refractivity contribution >= 4 is 33.4 Å². The number of hydrogen-bond donors (Lipinski definition) is 0. The van der Waals surface area contributed by atoms with Gasteiger partial charge in [-0.05, 0) is 105 Å². The van der Waals surface area contributed by atoms with Crippen LogP contribution < -0.4 is 9.47 Å². The Labute approximate surface area is 319 Å². The summed E-state index contributed by atoms with van der Waals surface area (Å²) in [6.45, 7) is 2.06. The van der Waals surface area contributed by atoms with Crippen LogP contribution in [0.2, 0.25) is 5.02 Å². The maximum absolute atomic E-state index is 5.88. The van der Waals surface area contributed by atoms with Gasteiger partial charge in [0, 0.05) is 40.3 Å². The molecular weight excluding hydrogens is 692 g/mol. The summed E-state index contributed by atoms with van der Waals surface area (Å²) in [6.07, 6.45) is 12.8. The summed E-state index contributed by atoms with van der Waals surface area (Å²) in [4.78, 5) is 26.4. The molecule has 0 bridgehead atoms. The monoisotopic (exact) mass is 730 g/mol. The van der Waals surface area contributed by atoms with Crippen molar-refractivity contribution in [2.75, 3.05) is 0 Å². The molecule has 0 amide bonds. The van der Waals surface area contributed by atoms with Crippen LogP contribution in [0.3, 0.4) is 0 Å². The summed E-state index contributed by atoms with van der Waals surface area (Å²) < 4.78 is 11.5. The highest BCUT2D eigenvalue weighted by Gasteiger charge is 2.06. The lowest BCUT2D eigenvalue weighted by Gasteiger charge is -2.07. The summed E-state index contributed by atoms with van der Waals surface area (Å²) in [5.74, 6) is 2.71. The van der Waals surface area contributed by atoms with E-state index >= 15 is 0 Å². The first-order chi connectivity index (χ1) is 26.6. The first-order valence-electron chi connectivity index (χ1n) is 18.0. The molecule has 4 aromatic heterocycles. The third-order valence-corrected chi connectivity index (χ3v) is 9.14. The lowest BCUT2D eigenvalue weighted by atomic mass is 10.1. The molecule has 8 aromatic rings.